The van der Waals surface area contributed by atoms with Crippen LogP contribution in [0.25, 0.3) is 77.4 Å². The van der Waals surface area contributed by atoms with Gasteiger partial charge in [0.2, 0.25) is 5.95 Å². The van der Waals surface area contributed by atoms with Crippen molar-refractivity contribution in [3.8, 4) is 33.8 Å². The Morgan fingerprint density at radius 2 is 1.26 bits per heavy atom. The summed E-state index contributed by atoms with van der Waals surface area (Å²) in [6.45, 7) is 2.16. The summed E-state index contributed by atoms with van der Waals surface area (Å²) in [4.78, 5) is 18.1. The maximum Gasteiger partial charge on any atom is 0.235 e. The van der Waals surface area contributed by atoms with Gasteiger partial charge in [-0.15, -0.1) is 0 Å². The monoisotopic (exact) mass is 602 g/mol. The van der Waals surface area contributed by atoms with Crippen molar-refractivity contribution in [1.82, 2.24) is 15.0 Å². The number of benzene rings is 6. The zero-order valence-corrected chi connectivity index (χ0v) is 25.5. The van der Waals surface area contributed by atoms with Crippen LogP contribution in [0.2, 0.25) is 0 Å². The van der Waals surface area contributed by atoms with Gasteiger partial charge in [0.05, 0.1) is 34.0 Å². The number of pyridine rings is 1. The molecule has 0 amide bonds. The molecule has 47 heavy (non-hydrogen) atoms. The van der Waals surface area contributed by atoms with E-state index in [1.165, 1.54) is 0 Å². The number of rotatable bonds is 3. The van der Waals surface area contributed by atoms with Crippen molar-refractivity contribution in [2.24, 2.45) is 0 Å². The number of furan rings is 1. The molecular formula is C42H26N4O. The van der Waals surface area contributed by atoms with E-state index >= 15 is 0 Å². The van der Waals surface area contributed by atoms with Gasteiger partial charge in [-0.1, -0.05) is 103 Å². The van der Waals surface area contributed by atoms with Crippen molar-refractivity contribution in [3.63, 3.8) is 0 Å². The number of fused-ring (bicyclic) bond motifs is 7. The van der Waals surface area contributed by atoms with Gasteiger partial charge >= 0.3 is 0 Å². The second-order valence-electron chi connectivity index (χ2n) is 12.1. The first-order chi connectivity index (χ1) is 23.2. The summed E-state index contributed by atoms with van der Waals surface area (Å²) >= 11 is 0. The molecule has 0 bridgehead atoms. The van der Waals surface area contributed by atoms with E-state index in [0.717, 1.165) is 94.3 Å². The molecule has 4 heterocycles. The molecule has 10 rings (SSSR count). The molecule has 0 atom stereocenters. The number of aromatic nitrogens is 3. The maximum absolute atomic E-state index is 6.49. The van der Waals surface area contributed by atoms with Gasteiger partial charge in [-0.2, -0.15) is 0 Å². The zero-order chi connectivity index (χ0) is 31.1. The van der Waals surface area contributed by atoms with Crippen molar-refractivity contribution in [2.75, 3.05) is 4.90 Å². The van der Waals surface area contributed by atoms with Gasteiger partial charge in [0.15, 0.2) is 0 Å². The molecule has 0 radical (unpaired) electrons. The first-order valence-corrected chi connectivity index (χ1v) is 15.8. The lowest BCUT2D eigenvalue weighted by molar-refractivity contribution is 0.670. The quantitative estimate of drug-likeness (QED) is 0.188. The Morgan fingerprint density at radius 1 is 0.553 bits per heavy atom. The van der Waals surface area contributed by atoms with Gasteiger partial charge in [-0.25, -0.2) is 15.0 Å². The summed E-state index contributed by atoms with van der Waals surface area (Å²) in [5.41, 5.74) is 11.5. The molecule has 5 heteroatoms. The Morgan fingerprint density at radius 3 is 2.17 bits per heavy atom. The highest BCUT2D eigenvalue weighted by Crippen LogP contribution is 2.52. The topological polar surface area (TPSA) is 55.1 Å². The number of para-hydroxylation sites is 3. The SMILES string of the molecule is Cc1cccc2c1-c1nc3ccccc3c3cccc(c13)N2c1nc(-c2ccccc2)cc(-c2cccc3c2oc2ccccc23)n1. The standard InChI is InChI=1S/C42H26N4O/c1-25-12-9-21-35-38(25)40-39-29(27-15-5-7-20-32(27)43-40)17-11-22-36(39)46(35)42-44-33(26-13-3-2-4-14-26)24-34(45-42)31-19-10-18-30-28-16-6-8-23-37(28)47-41(30)31/h2-24H,1H3. The van der Waals surface area contributed by atoms with Crippen LogP contribution in [0.15, 0.2) is 144 Å². The van der Waals surface area contributed by atoms with E-state index in [-0.39, 0.29) is 0 Å². The Kier molecular flexibility index (Phi) is 5.43. The van der Waals surface area contributed by atoms with Crippen molar-refractivity contribution < 1.29 is 4.42 Å². The average molecular weight is 603 g/mol. The Bertz CT molecular complexity index is 2710. The largest absolute Gasteiger partial charge is 0.455 e. The van der Waals surface area contributed by atoms with E-state index in [1.54, 1.807) is 0 Å². The molecule has 1 aliphatic heterocycles. The lowest BCUT2D eigenvalue weighted by atomic mass is 9.91. The van der Waals surface area contributed by atoms with E-state index < -0.39 is 0 Å². The van der Waals surface area contributed by atoms with Gasteiger partial charge in [0.25, 0.3) is 0 Å². The molecule has 0 fully saturated rings. The normalized spacial score (nSPS) is 12.3. The second-order valence-corrected chi connectivity index (χ2v) is 12.1. The molecule has 0 spiro atoms. The van der Waals surface area contributed by atoms with E-state index in [4.69, 9.17) is 19.4 Å². The molecule has 1 aliphatic rings. The summed E-state index contributed by atoms with van der Waals surface area (Å²) in [7, 11) is 0. The molecular weight excluding hydrogens is 576 g/mol. The fourth-order valence-corrected chi connectivity index (χ4v) is 7.23. The summed E-state index contributed by atoms with van der Waals surface area (Å²) in [6.07, 6.45) is 0. The van der Waals surface area contributed by atoms with E-state index in [2.05, 4.69) is 115 Å². The van der Waals surface area contributed by atoms with Crippen LogP contribution < -0.4 is 4.90 Å². The number of aryl methyl sites for hydroxylation is 1. The van der Waals surface area contributed by atoms with Gasteiger partial charge < -0.3 is 4.42 Å². The minimum atomic E-state index is 0.590. The Hall–Kier alpha value is -6.33. The highest BCUT2D eigenvalue weighted by molar-refractivity contribution is 6.20. The summed E-state index contributed by atoms with van der Waals surface area (Å²) < 4.78 is 6.49. The third-order valence-electron chi connectivity index (χ3n) is 9.34. The third-order valence-corrected chi connectivity index (χ3v) is 9.34. The van der Waals surface area contributed by atoms with Crippen LogP contribution in [0.3, 0.4) is 0 Å². The maximum atomic E-state index is 6.49. The second kappa shape index (κ2) is 9.83. The van der Waals surface area contributed by atoms with Crippen molar-refractivity contribution in [2.45, 2.75) is 6.92 Å². The molecule has 6 aromatic carbocycles. The Balaban J connectivity index is 1.30. The number of nitrogens with zero attached hydrogens (tertiary/aromatic N) is 4. The molecule has 0 aliphatic carbocycles. The zero-order valence-electron chi connectivity index (χ0n) is 25.5. The number of anilines is 3. The smallest absolute Gasteiger partial charge is 0.235 e. The fourth-order valence-electron chi connectivity index (χ4n) is 7.23. The van der Waals surface area contributed by atoms with Crippen LogP contribution >= 0.6 is 0 Å². The van der Waals surface area contributed by atoms with Gasteiger partial charge in [-0.3, -0.25) is 4.90 Å². The number of hydrogen-bond donors (Lipinski definition) is 0. The summed E-state index contributed by atoms with van der Waals surface area (Å²) in [5, 5.41) is 5.54. The van der Waals surface area contributed by atoms with E-state index in [0.29, 0.717) is 5.95 Å². The molecule has 0 N–H and O–H groups in total. The lowest BCUT2D eigenvalue weighted by Crippen LogP contribution is -2.19. The van der Waals surface area contributed by atoms with Crippen LogP contribution in [-0.4, -0.2) is 15.0 Å². The number of hydrogen-bond acceptors (Lipinski definition) is 5. The predicted octanol–water partition coefficient (Wildman–Crippen LogP) is 11.2. The highest BCUT2D eigenvalue weighted by Gasteiger charge is 2.31. The molecule has 3 aromatic heterocycles. The molecule has 5 nitrogen and oxygen atoms in total. The van der Waals surface area contributed by atoms with E-state index in [9.17, 15) is 0 Å². The van der Waals surface area contributed by atoms with Gasteiger partial charge in [0, 0.05) is 38.2 Å². The van der Waals surface area contributed by atoms with Gasteiger partial charge in [-0.05, 0) is 54.3 Å². The lowest BCUT2D eigenvalue weighted by Gasteiger charge is -2.32. The first-order valence-electron chi connectivity index (χ1n) is 15.8. The van der Waals surface area contributed by atoms with Crippen molar-refractivity contribution in [1.29, 1.82) is 0 Å². The fraction of sp³-hybridized carbons (Fsp3) is 0.0238. The summed E-state index contributed by atoms with van der Waals surface area (Å²) in [5.74, 6) is 0.590. The molecule has 0 saturated heterocycles. The van der Waals surface area contributed by atoms with Crippen LogP contribution in [0.1, 0.15) is 5.56 Å². The van der Waals surface area contributed by atoms with Crippen LogP contribution in [0.4, 0.5) is 17.3 Å². The summed E-state index contributed by atoms with van der Waals surface area (Å²) in [6, 6.07) is 48.1. The molecule has 220 valence electrons. The van der Waals surface area contributed by atoms with Gasteiger partial charge in [0.1, 0.15) is 11.2 Å². The third kappa shape index (κ3) is 3.80. The molecule has 0 saturated carbocycles. The average Bonchev–Trinajstić information content (AvgIpc) is 3.51. The van der Waals surface area contributed by atoms with Crippen LogP contribution in [0, 0.1) is 6.92 Å². The van der Waals surface area contributed by atoms with Crippen LogP contribution in [0.5, 0.6) is 0 Å². The first kappa shape index (κ1) is 25.9. The minimum absolute atomic E-state index is 0.590. The van der Waals surface area contributed by atoms with Crippen LogP contribution in [-0.2, 0) is 0 Å². The Labute approximate surface area is 270 Å². The molecule has 0 unspecified atom stereocenters. The highest BCUT2D eigenvalue weighted by atomic mass is 16.3. The van der Waals surface area contributed by atoms with Crippen molar-refractivity contribution >= 4 is 60.9 Å². The minimum Gasteiger partial charge on any atom is -0.455 e. The predicted molar refractivity (Wildman–Crippen MR) is 191 cm³/mol. The molecule has 9 aromatic rings. The van der Waals surface area contributed by atoms with Crippen molar-refractivity contribution in [3.05, 3.63) is 145 Å². The van der Waals surface area contributed by atoms with E-state index in [1.807, 2.05) is 36.4 Å².